The van der Waals surface area contributed by atoms with Gasteiger partial charge in [0.1, 0.15) is 0 Å². The van der Waals surface area contributed by atoms with Gasteiger partial charge in [-0.1, -0.05) is 13.8 Å². The van der Waals surface area contributed by atoms with Gasteiger partial charge in [0.2, 0.25) is 0 Å². The second-order valence-electron chi connectivity index (χ2n) is 5.50. The van der Waals surface area contributed by atoms with Crippen LogP contribution in [0.3, 0.4) is 0 Å². The van der Waals surface area contributed by atoms with Gasteiger partial charge in [-0.2, -0.15) is 0 Å². The Morgan fingerprint density at radius 2 is 1.93 bits per heavy atom. The van der Waals surface area contributed by atoms with E-state index in [9.17, 15) is 0 Å². The summed E-state index contributed by atoms with van der Waals surface area (Å²) in [5.74, 6) is 2.37. The van der Waals surface area contributed by atoms with Crippen LogP contribution in [0.2, 0.25) is 0 Å². The molecule has 90 valence electrons. The van der Waals surface area contributed by atoms with Crippen LogP contribution in [0.4, 0.5) is 0 Å². The van der Waals surface area contributed by atoms with Crippen LogP contribution in [0.15, 0.2) is 0 Å². The third-order valence-electron chi connectivity index (χ3n) is 3.79. The van der Waals surface area contributed by atoms with Gasteiger partial charge in [-0.05, 0) is 44.6 Å². The smallest absolute Gasteiger partial charge is 0.0505 e. The van der Waals surface area contributed by atoms with Gasteiger partial charge in [0, 0.05) is 19.7 Å². The van der Waals surface area contributed by atoms with Crippen molar-refractivity contribution in [3.05, 3.63) is 0 Å². The van der Waals surface area contributed by atoms with Gasteiger partial charge in [0.15, 0.2) is 0 Å². The molecule has 1 unspecified atom stereocenters. The first-order valence-electron chi connectivity index (χ1n) is 6.29. The third-order valence-corrected chi connectivity index (χ3v) is 3.79. The van der Waals surface area contributed by atoms with Gasteiger partial charge in [0.25, 0.3) is 0 Å². The zero-order valence-electron chi connectivity index (χ0n) is 11.0. The number of ether oxygens (including phenoxy) is 1. The molecule has 0 saturated carbocycles. The molecule has 0 aliphatic carbocycles. The highest BCUT2D eigenvalue weighted by Crippen LogP contribution is 2.30. The Morgan fingerprint density at radius 1 is 1.27 bits per heavy atom. The fourth-order valence-electron chi connectivity index (χ4n) is 2.82. The van der Waals surface area contributed by atoms with Crippen molar-refractivity contribution < 1.29 is 4.74 Å². The average molecular weight is 213 g/mol. The molecule has 1 aliphatic rings. The van der Waals surface area contributed by atoms with E-state index in [4.69, 9.17) is 4.74 Å². The molecule has 1 saturated heterocycles. The molecule has 2 atom stereocenters. The summed E-state index contributed by atoms with van der Waals surface area (Å²) in [6.45, 7) is 12.7. The first-order valence-corrected chi connectivity index (χ1v) is 6.29. The van der Waals surface area contributed by atoms with E-state index in [0.717, 1.165) is 24.4 Å². The first kappa shape index (κ1) is 13.0. The van der Waals surface area contributed by atoms with Crippen LogP contribution < -0.4 is 0 Å². The Balaban J connectivity index is 2.56. The maximum absolute atomic E-state index is 5.36. The molecular formula is C13H27NO. The van der Waals surface area contributed by atoms with Gasteiger partial charge in [-0.15, -0.1) is 0 Å². The van der Waals surface area contributed by atoms with Crippen LogP contribution in [0, 0.1) is 17.8 Å². The van der Waals surface area contributed by atoms with Crippen LogP contribution in [0.5, 0.6) is 0 Å². The Hall–Kier alpha value is -0.0800. The zero-order chi connectivity index (χ0) is 11.4. The topological polar surface area (TPSA) is 12.5 Å². The summed E-state index contributed by atoms with van der Waals surface area (Å²) in [5, 5.41) is 0. The van der Waals surface area contributed by atoms with Crippen molar-refractivity contribution in [3.8, 4) is 0 Å². The van der Waals surface area contributed by atoms with Crippen LogP contribution in [0.25, 0.3) is 0 Å². The molecule has 0 N–H and O–H groups in total. The van der Waals surface area contributed by atoms with Crippen molar-refractivity contribution in [2.75, 3.05) is 26.8 Å². The minimum Gasteiger partial charge on any atom is -0.384 e. The minimum atomic E-state index is 0.678. The molecule has 15 heavy (non-hydrogen) atoms. The lowest BCUT2D eigenvalue weighted by Crippen LogP contribution is -2.46. The number of nitrogens with zero attached hydrogens (tertiary/aromatic N) is 1. The van der Waals surface area contributed by atoms with Gasteiger partial charge in [-0.3, -0.25) is 0 Å². The normalized spacial score (nSPS) is 29.0. The number of piperidine rings is 1. The molecule has 2 nitrogen and oxygen atoms in total. The van der Waals surface area contributed by atoms with Crippen LogP contribution in [-0.2, 0) is 4.74 Å². The monoisotopic (exact) mass is 213 g/mol. The van der Waals surface area contributed by atoms with Crippen molar-refractivity contribution in [1.29, 1.82) is 0 Å². The number of hydrogen-bond acceptors (Lipinski definition) is 2. The molecule has 1 rings (SSSR count). The van der Waals surface area contributed by atoms with E-state index >= 15 is 0 Å². The van der Waals surface area contributed by atoms with Crippen LogP contribution >= 0.6 is 0 Å². The Labute approximate surface area is 95.0 Å². The number of likely N-dealkylation sites (tertiary alicyclic amines) is 1. The van der Waals surface area contributed by atoms with E-state index in [-0.39, 0.29) is 0 Å². The van der Waals surface area contributed by atoms with Gasteiger partial charge in [-0.25, -0.2) is 0 Å². The fraction of sp³-hybridized carbons (Fsp3) is 1.00. The van der Waals surface area contributed by atoms with Gasteiger partial charge in [0.05, 0.1) is 6.61 Å². The molecule has 1 aliphatic heterocycles. The van der Waals surface area contributed by atoms with Crippen LogP contribution in [0.1, 0.15) is 34.1 Å². The summed E-state index contributed by atoms with van der Waals surface area (Å²) in [6, 6.07) is 0.678. The molecule has 0 aromatic heterocycles. The molecule has 0 spiro atoms. The third kappa shape index (κ3) is 3.46. The fourth-order valence-corrected chi connectivity index (χ4v) is 2.82. The summed E-state index contributed by atoms with van der Waals surface area (Å²) in [7, 11) is 1.83. The quantitative estimate of drug-likeness (QED) is 0.712. The highest BCUT2D eigenvalue weighted by Gasteiger charge is 2.31. The molecule has 1 heterocycles. The molecule has 2 heteroatoms. The van der Waals surface area contributed by atoms with Crippen LogP contribution in [-0.4, -0.2) is 37.7 Å². The Kier molecular flexibility index (Phi) is 5.07. The lowest BCUT2D eigenvalue weighted by molar-refractivity contribution is 0.0216. The second-order valence-corrected chi connectivity index (χ2v) is 5.50. The van der Waals surface area contributed by atoms with Crippen molar-refractivity contribution in [1.82, 2.24) is 4.90 Å². The lowest BCUT2D eigenvalue weighted by Gasteiger charge is -2.42. The second kappa shape index (κ2) is 5.86. The van der Waals surface area contributed by atoms with E-state index < -0.39 is 0 Å². The standard InChI is InChI=1S/C13H27NO/c1-10(2)13-6-7-14(11(3)4)8-12(13)9-15-5/h10-13H,6-9H2,1-5H3/t12-,13?/m1/s1. The predicted molar refractivity (Wildman–Crippen MR) is 65.0 cm³/mol. The summed E-state index contributed by atoms with van der Waals surface area (Å²) >= 11 is 0. The summed E-state index contributed by atoms with van der Waals surface area (Å²) < 4.78 is 5.36. The Morgan fingerprint density at radius 3 is 2.40 bits per heavy atom. The highest BCUT2D eigenvalue weighted by molar-refractivity contribution is 4.83. The van der Waals surface area contributed by atoms with Crippen molar-refractivity contribution >= 4 is 0 Å². The number of hydrogen-bond donors (Lipinski definition) is 0. The minimum absolute atomic E-state index is 0.678. The molecule has 0 aromatic carbocycles. The molecule has 0 aromatic rings. The first-order chi connectivity index (χ1) is 7.06. The van der Waals surface area contributed by atoms with Gasteiger partial charge < -0.3 is 9.64 Å². The number of methoxy groups -OCH3 is 1. The molecule has 1 fully saturated rings. The lowest BCUT2D eigenvalue weighted by atomic mass is 9.78. The summed E-state index contributed by atoms with van der Waals surface area (Å²) in [6.07, 6.45) is 1.34. The molecule has 0 amide bonds. The Bertz CT molecular complexity index is 179. The maximum atomic E-state index is 5.36. The van der Waals surface area contributed by atoms with E-state index in [1.54, 1.807) is 0 Å². The average Bonchev–Trinajstić information content (AvgIpc) is 2.17. The largest absolute Gasteiger partial charge is 0.384 e. The summed E-state index contributed by atoms with van der Waals surface area (Å²) in [5.41, 5.74) is 0. The van der Waals surface area contributed by atoms with Crippen molar-refractivity contribution in [2.24, 2.45) is 17.8 Å². The predicted octanol–water partition coefficient (Wildman–Crippen LogP) is 2.64. The highest BCUT2D eigenvalue weighted by atomic mass is 16.5. The maximum Gasteiger partial charge on any atom is 0.0505 e. The molecule has 0 radical (unpaired) electrons. The van der Waals surface area contributed by atoms with E-state index in [0.29, 0.717) is 6.04 Å². The summed E-state index contributed by atoms with van der Waals surface area (Å²) in [4.78, 5) is 2.59. The zero-order valence-corrected chi connectivity index (χ0v) is 11.0. The van der Waals surface area contributed by atoms with Crippen molar-refractivity contribution in [3.63, 3.8) is 0 Å². The van der Waals surface area contributed by atoms with Gasteiger partial charge >= 0.3 is 0 Å². The van der Waals surface area contributed by atoms with E-state index in [1.807, 2.05) is 7.11 Å². The number of rotatable bonds is 4. The SMILES string of the molecule is COC[C@H]1CN(C(C)C)CCC1C(C)C. The van der Waals surface area contributed by atoms with E-state index in [1.165, 1.54) is 19.5 Å². The van der Waals surface area contributed by atoms with E-state index in [2.05, 4.69) is 32.6 Å². The van der Waals surface area contributed by atoms with Crippen molar-refractivity contribution in [2.45, 2.75) is 40.2 Å². The molecular weight excluding hydrogens is 186 g/mol. The molecule has 0 bridgehead atoms.